The second-order valence-corrected chi connectivity index (χ2v) is 1.86. The van der Waals surface area contributed by atoms with Gasteiger partial charge in [-0.2, -0.15) is 0 Å². The summed E-state index contributed by atoms with van der Waals surface area (Å²) in [5.74, 6) is 0. The highest BCUT2D eigenvalue weighted by Gasteiger charge is 1.94. The zero-order valence-electron chi connectivity index (χ0n) is 7.34. The molecule has 5 nitrogen and oxygen atoms in total. The van der Waals surface area contributed by atoms with Gasteiger partial charge in [0, 0.05) is 28.2 Å². The molecule has 66 valence electrons. The predicted octanol–water partition coefficient (Wildman–Crippen LogP) is -0.750. The molecular formula is C6H15N3O2. The Bertz CT molecular complexity index is 114. The minimum Gasteiger partial charge on any atom is -0.362 e. The molecule has 0 aromatic rings. The Morgan fingerprint density at radius 1 is 1.36 bits per heavy atom. The Labute approximate surface area is 66.8 Å². The monoisotopic (exact) mass is 161 g/mol. The van der Waals surface area contributed by atoms with Gasteiger partial charge in [-0.3, -0.25) is 4.79 Å². The van der Waals surface area contributed by atoms with Crippen molar-refractivity contribution in [3.63, 3.8) is 0 Å². The number of rotatable bonds is 1. The van der Waals surface area contributed by atoms with Crippen molar-refractivity contribution in [2.45, 2.75) is 0 Å². The summed E-state index contributed by atoms with van der Waals surface area (Å²) in [5, 5.41) is 4.70. The van der Waals surface area contributed by atoms with Gasteiger partial charge >= 0.3 is 6.03 Å². The molecule has 0 aliphatic carbocycles. The molecule has 0 saturated heterocycles. The van der Waals surface area contributed by atoms with E-state index in [0.29, 0.717) is 6.41 Å². The first-order valence-electron chi connectivity index (χ1n) is 3.10. The van der Waals surface area contributed by atoms with Gasteiger partial charge in [-0.25, -0.2) is 4.79 Å². The molecule has 0 saturated carbocycles. The summed E-state index contributed by atoms with van der Waals surface area (Å²) in [6.07, 6.45) is 0.625. The number of nitrogens with one attached hydrogen (secondary N) is 2. The van der Waals surface area contributed by atoms with E-state index in [4.69, 9.17) is 4.79 Å². The van der Waals surface area contributed by atoms with Gasteiger partial charge in [-0.1, -0.05) is 0 Å². The Kier molecular flexibility index (Phi) is 9.87. The van der Waals surface area contributed by atoms with Gasteiger partial charge in [0.15, 0.2) is 0 Å². The van der Waals surface area contributed by atoms with E-state index in [-0.39, 0.29) is 6.03 Å². The van der Waals surface area contributed by atoms with E-state index >= 15 is 0 Å². The van der Waals surface area contributed by atoms with Crippen LogP contribution in [0.25, 0.3) is 0 Å². The van der Waals surface area contributed by atoms with Crippen LogP contribution in [0.1, 0.15) is 0 Å². The minimum absolute atomic E-state index is 0.0694. The van der Waals surface area contributed by atoms with Gasteiger partial charge in [-0.05, 0) is 0 Å². The Morgan fingerprint density at radius 2 is 1.73 bits per heavy atom. The highest BCUT2D eigenvalue weighted by molar-refractivity contribution is 5.72. The first-order chi connectivity index (χ1) is 5.09. The number of urea groups is 1. The summed E-state index contributed by atoms with van der Waals surface area (Å²) >= 11 is 0. The number of hydrogen-bond acceptors (Lipinski definition) is 2. The molecule has 0 fully saturated rings. The molecule has 0 aromatic heterocycles. The van der Waals surface area contributed by atoms with Crippen LogP contribution < -0.4 is 10.6 Å². The van der Waals surface area contributed by atoms with Gasteiger partial charge < -0.3 is 15.5 Å². The van der Waals surface area contributed by atoms with Crippen LogP contribution in [0, 0.1) is 0 Å². The second-order valence-electron chi connectivity index (χ2n) is 1.86. The van der Waals surface area contributed by atoms with Crippen LogP contribution in [-0.2, 0) is 4.79 Å². The fourth-order valence-electron chi connectivity index (χ4n) is 0.224. The number of nitrogens with zero attached hydrogens (tertiary/aromatic N) is 1. The molecule has 3 amide bonds. The average molecular weight is 161 g/mol. The molecule has 0 radical (unpaired) electrons. The number of amides is 3. The molecule has 0 spiro atoms. The van der Waals surface area contributed by atoms with Gasteiger partial charge in [0.05, 0.1) is 0 Å². The van der Waals surface area contributed by atoms with Crippen LogP contribution in [0.2, 0.25) is 0 Å². The van der Waals surface area contributed by atoms with Gasteiger partial charge in [0.1, 0.15) is 0 Å². The van der Waals surface area contributed by atoms with Gasteiger partial charge in [0.2, 0.25) is 6.41 Å². The van der Waals surface area contributed by atoms with Crippen molar-refractivity contribution in [2.24, 2.45) is 0 Å². The minimum atomic E-state index is -0.0694. The van der Waals surface area contributed by atoms with Crippen molar-refractivity contribution in [2.75, 3.05) is 28.2 Å². The van der Waals surface area contributed by atoms with Crippen LogP contribution in [-0.4, -0.2) is 45.5 Å². The van der Waals surface area contributed by atoms with Crippen molar-refractivity contribution in [1.29, 1.82) is 0 Å². The molecule has 0 rings (SSSR count). The Balaban J connectivity index is 0. The molecule has 5 heteroatoms. The topological polar surface area (TPSA) is 61.4 Å². The van der Waals surface area contributed by atoms with E-state index in [9.17, 15) is 4.79 Å². The lowest BCUT2D eigenvalue weighted by molar-refractivity contribution is -0.109. The zero-order chi connectivity index (χ0) is 9.28. The molecule has 11 heavy (non-hydrogen) atoms. The van der Waals surface area contributed by atoms with Crippen molar-refractivity contribution in [3.05, 3.63) is 0 Å². The first-order valence-corrected chi connectivity index (χ1v) is 3.10. The van der Waals surface area contributed by atoms with Gasteiger partial charge in [0.25, 0.3) is 0 Å². The lowest BCUT2D eigenvalue weighted by Gasteiger charge is -2.06. The second kappa shape index (κ2) is 8.74. The fourth-order valence-corrected chi connectivity index (χ4v) is 0.224. The molecule has 0 aliphatic rings. The highest BCUT2D eigenvalue weighted by Crippen LogP contribution is 1.70. The van der Waals surface area contributed by atoms with Crippen LogP contribution in [0.5, 0.6) is 0 Å². The van der Waals surface area contributed by atoms with Crippen LogP contribution in [0.15, 0.2) is 0 Å². The van der Waals surface area contributed by atoms with E-state index in [1.165, 1.54) is 4.90 Å². The highest BCUT2D eigenvalue weighted by atomic mass is 16.2. The Hall–Kier alpha value is -1.26. The predicted molar refractivity (Wildman–Crippen MR) is 43.3 cm³/mol. The summed E-state index contributed by atoms with van der Waals surface area (Å²) < 4.78 is 0. The molecule has 0 unspecified atom stereocenters. The number of hydrogen-bond donors (Lipinski definition) is 2. The van der Waals surface area contributed by atoms with Crippen molar-refractivity contribution < 1.29 is 9.59 Å². The largest absolute Gasteiger partial charge is 0.362 e. The lowest BCUT2D eigenvalue weighted by Crippen LogP contribution is -2.31. The molecule has 0 aromatic carbocycles. The van der Waals surface area contributed by atoms with Crippen LogP contribution >= 0.6 is 0 Å². The molecular weight excluding hydrogens is 146 g/mol. The first kappa shape index (κ1) is 12.4. The Morgan fingerprint density at radius 3 is 1.73 bits per heavy atom. The molecule has 0 atom stereocenters. The summed E-state index contributed by atoms with van der Waals surface area (Å²) in [6.45, 7) is 0. The van der Waals surface area contributed by atoms with E-state index in [0.717, 1.165) is 0 Å². The van der Waals surface area contributed by atoms with Crippen molar-refractivity contribution in [1.82, 2.24) is 15.5 Å². The smallest absolute Gasteiger partial charge is 0.316 e. The SMILES string of the molecule is CNC(=O)N(C)C.CNC=O. The third-order valence-corrected chi connectivity index (χ3v) is 0.738. The normalized spacial score (nSPS) is 6.91. The maximum Gasteiger partial charge on any atom is 0.316 e. The molecule has 0 bridgehead atoms. The summed E-state index contributed by atoms with van der Waals surface area (Å²) in [6, 6.07) is -0.0694. The van der Waals surface area contributed by atoms with E-state index in [1.807, 2.05) is 0 Å². The molecule has 0 heterocycles. The van der Waals surface area contributed by atoms with Crippen molar-refractivity contribution in [3.8, 4) is 0 Å². The fraction of sp³-hybridized carbons (Fsp3) is 0.667. The third-order valence-electron chi connectivity index (χ3n) is 0.738. The van der Waals surface area contributed by atoms with Gasteiger partial charge in [-0.15, -0.1) is 0 Å². The summed E-state index contributed by atoms with van der Waals surface area (Å²) in [4.78, 5) is 20.9. The standard InChI is InChI=1S/C4H10N2O.C2H5NO/c1-5-4(7)6(2)3;1-3-2-4/h1-3H3,(H,5,7);2H,1H3,(H,3,4). The lowest BCUT2D eigenvalue weighted by atomic mass is 10.8. The van der Waals surface area contributed by atoms with E-state index in [1.54, 1.807) is 28.2 Å². The number of carbonyl (C=O) groups is 2. The summed E-state index contributed by atoms with van der Waals surface area (Å²) in [7, 11) is 6.55. The summed E-state index contributed by atoms with van der Waals surface area (Å²) in [5.41, 5.74) is 0. The van der Waals surface area contributed by atoms with E-state index < -0.39 is 0 Å². The maximum atomic E-state index is 10.3. The van der Waals surface area contributed by atoms with Crippen LogP contribution in [0.3, 0.4) is 0 Å². The average Bonchev–Trinajstić information content (AvgIpc) is 2.03. The van der Waals surface area contributed by atoms with Crippen molar-refractivity contribution >= 4 is 12.4 Å². The zero-order valence-corrected chi connectivity index (χ0v) is 7.34. The maximum absolute atomic E-state index is 10.3. The molecule has 2 N–H and O–H groups in total. The van der Waals surface area contributed by atoms with Crippen LogP contribution in [0.4, 0.5) is 4.79 Å². The number of carbonyl (C=O) groups excluding carboxylic acids is 2. The van der Waals surface area contributed by atoms with E-state index in [2.05, 4.69) is 10.6 Å². The third kappa shape index (κ3) is 12.1. The molecule has 0 aliphatic heterocycles. The quantitative estimate of drug-likeness (QED) is 0.497.